The molecule has 0 aromatic heterocycles. The van der Waals surface area contributed by atoms with Crippen LogP contribution < -0.4 is 0 Å². The first-order chi connectivity index (χ1) is 26.8. The molecule has 0 spiro atoms. The fourth-order valence-corrected chi connectivity index (χ4v) is 9.13. The molecule has 0 radical (unpaired) electrons. The van der Waals surface area contributed by atoms with E-state index < -0.39 is 11.7 Å². The number of ketones is 2. The van der Waals surface area contributed by atoms with Crippen LogP contribution in [0.5, 0.6) is 0 Å². The fraction of sp³-hybridized carbons (Fsp3) is 0.0980. The Hall–Kier alpha value is -6.46. The summed E-state index contributed by atoms with van der Waals surface area (Å²) in [4.78, 5) is 27.1. The molecule has 10 aromatic rings. The molecule has 55 heavy (non-hydrogen) atoms. The number of Topliss-reactive ketones (excluding diaryl/α,β-unsaturated/α-hetero) is 1. The molecule has 0 fully saturated rings. The second kappa shape index (κ2) is 11.5. The SMILES string of the molecule is COC1C(=O)C(c2cccc3cc4cc5cc6ccc7cc8cc9cc%10cc%11ccccc%11cc%10cc9cc8cc7c6cc5cc4cc23)=CC(=O)C1(C)OC. The Labute approximate surface area is 316 Å². The smallest absolute Gasteiger partial charge is 0.195 e. The summed E-state index contributed by atoms with van der Waals surface area (Å²) in [7, 11) is 2.88. The van der Waals surface area contributed by atoms with Crippen LogP contribution in [0.15, 0.2) is 146 Å². The molecule has 11 rings (SSSR count). The Morgan fingerprint density at radius 3 is 1.27 bits per heavy atom. The summed E-state index contributed by atoms with van der Waals surface area (Å²) in [6, 6.07) is 50.9. The highest BCUT2D eigenvalue weighted by Crippen LogP contribution is 2.39. The summed E-state index contributed by atoms with van der Waals surface area (Å²) in [5.41, 5.74) is -0.317. The van der Waals surface area contributed by atoms with Crippen molar-refractivity contribution >= 4 is 114 Å². The first-order valence-electron chi connectivity index (χ1n) is 18.6. The summed E-state index contributed by atoms with van der Waals surface area (Å²) in [5.74, 6) is -0.555. The normalized spacial score (nSPS) is 17.9. The van der Waals surface area contributed by atoms with Crippen LogP contribution in [0.3, 0.4) is 0 Å². The maximum atomic E-state index is 13.8. The molecule has 0 aliphatic heterocycles. The van der Waals surface area contributed by atoms with Crippen LogP contribution in [0.2, 0.25) is 0 Å². The van der Waals surface area contributed by atoms with Crippen LogP contribution in [0.4, 0.5) is 0 Å². The number of benzene rings is 10. The largest absolute Gasteiger partial charge is 0.370 e. The number of carbonyl (C=O) groups excluding carboxylic acids is 2. The van der Waals surface area contributed by atoms with Gasteiger partial charge in [0, 0.05) is 19.8 Å². The van der Waals surface area contributed by atoms with Gasteiger partial charge in [0.25, 0.3) is 0 Å². The molecule has 1 aliphatic carbocycles. The predicted octanol–water partition coefficient (Wildman–Crippen LogP) is 12.0. The van der Waals surface area contributed by atoms with E-state index >= 15 is 0 Å². The number of methoxy groups -OCH3 is 2. The minimum Gasteiger partial charge on any atom is -0.370 e. The monoisotopic (exact) mass is 710 g/mol. The van der Waals surface area contributed by atoms with Gasteiger partial charge in [-0.3, -0.25) is 9.59 Å². The summed E-state index contributed by atoms with van der Waals surface area (Å²) in [6.07, 6.45) is 0.387. The highest BCUT2D eigenvalue weighted by atomic mass is 16.5. The Morgan fingerprint density at radius 1 is 0.436 bits per heavy atom. The molecule has 0 bridgehead atoms. The maximum Gasteiger partial charge on any atom is 0.195 e. The third-order valence-corrected chi connectivity index (χ3v) is 12.2. The lowest BCUT2D eigenvalue weighted by Crippen LogP contribution is -2.55. The molecular formula is C51H34O4. The summed E-state index contributed by atoms with van der Waals surface area (Å²) in [5, 5.41) is 21.2. The second-order valence-corrected chi connectivity index (χ2v) is 15.3. The van der Waals surface area contributed by atoms with E-state index in [1.165, 1.54) is 90.3 Å². The molecule has 0 saturated heterocycles. The van der Waals surface area contributed by atoms with Crippen molar-refractivity contribution in [2.75, 3.05) is 14.2 Å². The Kier molecular flexibility index (Phi) is 6.71. The third kappa shape index (κ3) is 4.72. The number of rotatable bonds is 3. The van der Waals surface area contributed by atoms with Crippen LogP contribution in [0.25, 0.3) is 103 Å². The third-order valence-electron chi connectivity index (χ3n) is 12.2. The van der Waals surface area contributed by atoms with E-state index in [0.29, 0.717) is 11.1 Å². The van der Waals surface area contributed by atoms with E-state index in [9.17, 15) is 9.59 Å². The van der Waals surface area contributed by atoms with Gasteiger partial charge in [-0.15, -0.1) is 0 Å². The van der Waals surface area contributed by atoms with E-state index in [-0.39, 0.29) is 11.6 Å². The van der Waals surface area contributed by atoms with Crippen LogP contribution in [0.1, 0.15) is 12.5 Å². The molecule has 10 aromatic carbocycles. The Balaban J connectivity index is 1.07. The van der Waals surface area contributed by atoms with E-state index in [0.717, 1.165) is 26.9 Å². The van der Waals surface area contributed by atoms with E-state index in [4.69, 9.17) is 9.47 Å². The molecule has 0 N–H and O–H groups in total. The number of hydrogen-bond donors (Lipinski definition) is 0. The van der Waals surface area contributed by atoms with Gasteiger partial charge in [0.2, 0.25) is 0 Å². The molecule has 0 amide bonds. The zero-order valence-corrected chi connectivity index (χ0v) is 30.6. The van der Waals surface area contributed by atoms with Crippen LogP contribution in [-0.2, 0) is 19.1 Å². The average molecular weight is 711 g/mol. The number of hydrogen-bond acceptors (Lipinski definition) is 4. The van der Waals surface area contributed by atoms with E-state index in [2.05, 4.69) is 127 Å². The average Bonchev–Trinajstić information content (AvgIpc) is 3.19. The van der Waals surface area contributed by atoms with Crippen molar-refractivity contribution in [1.82, 2.24) is 0 Å². The molecule has 2 unspecified atom stereocenters. The van der Waals surface area contributed by atoms with Gasteiger partial charge in [-0.1, -0.05) is 54.6 Å². The molecule has 4 nitrogen and oxygen atoms in total. The van der Waals surface area contributed by atoms with Gasteiger partial charge in [-0.25, -0.2) is 0 Å². The molecule has 1 aliphatic rings. The standard InChI is InChI=1S/C51H34O4/c1-51(55-3)48(52)27-47(49(53)50(51)54-2)43-10-6-9-30-15-35-20-36-16-31-11-12-32-17-37-21-38-18-33-13-28-7-4-5-8-29(28)14-34(33)19-39(38)22-40(37)25-45(32)46(31)26-42(36)23-41(35)24-44(30)43/h4-27,50H,1-3H3. The lowest BCUT2D eigenvalue weighted by molar-refractivity contribution is -0.160. The van der Waals surface area contributed by atoms with Gasteiger partial charge >= 0.3 is 0 Å². The van der Waals surface area contributed by atoms with Gasteiger partial charge in [-0.05, 0) is 200 Å². The fourth-order valence-electron chi connectivity index (χ4n) is 9.13. The highest BCUT2D eigenvalue weighted by molar-refractivity contribution is 6.34. The Morgan fingerprint density at radius 2 is 0.818 bits per heavy atom. The predicted molar refractivity (Wildman–Crippen MR) is 228 cm³/mol. The quantitative estimate of drug-likeness (QED) is 0.135. The first kappa shape index (κ1) is 32.0. The number of ether oxygens (including phenoxy) is 2. The zero-order valence-electron chi connectivity index (χ0n) is 30.6. The van der Waals surface area contributed by atoms with Gasteiger partial charge in [0.05, 0.1) is 0 Å². The summed E-state index contributed by atoms with van der Waals surface area (Å²) >= 11 is 0. The van der Waals surface area contributed by atoms with Crippen LogP contribution >= 0.6 is 0 Å². The number of fused-ring (bicyclic) bond motifs is 10. The van der Waals surface area contributed by atoms with Crippen molar-refractivity contribution in [2.45, 2.75) is 18.6 Å². The van der Waals surface area contributed by atoms with E-state index in [1.807, 2.05) is 12.1 Å². The van der Waals surface area contributed by atoms with Gasteiger partial charge in [0.1, 0.15) is 0 Å². The number of carbonyl (C=O) groups is 2. The molecule has 0 saturated carbocycles. The highest BCUT2D eigenvalue weighted by Gasteiger charge is 2.49. The lowest BCUT2D eigenvalue weighted by Gasteiger charge is -2.36. The van der Waals surface area contributed by atoms with Crippen LogP contribution in [-0.4, -0.2) is 37.5 Å². The first-order valence-corrected chi connectivity index (χ1v) is 18.6. The minimum absolute atomic E-state index is 0.265. The summed E-state index contributed by atoms with van der Waals surface area (Å²) in [6.45, 7) is 1.61. The van der Waals surface area contributed by atoms with Crippen molar-refractivity contribution in [3.8, 4) is 0 Å². The molecule has 2 atom stereocenters. The summed E-state index contributed by atoms with van der Waals surface area (Å²) < 4.78 is 11.1. The van der Waals surface area contributed by atoms with Crippen molar-refractivity contribution in [2.24, 2.45) is 0 Å². The molecule has 0 heterocycles. The van der Waals surface area contributed by atoms with Crippen LogP contribution in [0, 0.1) is 0 Å². The maximum absolute atomic E-state index is 13.8. The second-order valence-electron chi connectivity index (χ2n) is 15.3. The van der Waals surface area contributed by atoms with Crippen molar-refractivity contribution in [3.63, 3.8) is 0 Å². The van der Waals surface area contributed by atoms with Crippen molar-refractivity contribution < 1.29 is 19.1 Å². The molecule has 262 valence electrons. The lowest BCUT2D eigenvalue weighted by atomic mass is 9.78. The van der Waals surface area contributed by atoms with Gasteiger partial charge in [0.15, 0.2) is 23.3 Å². The minimum atomic E-state index is -1.37. The zero-order chi connectivity index (χ0) is 37.2. The van der Waals surface area contributed by atoms with Crippen molar-refractivity contribution in [1.29, 1.82) is 0 Å². The van der Waals surface area contributed by atoms with Gasteiger partial charge < -0.3 is 9.47 Å². The topological polar surface area (TPSA) is 52.6 Å². The Bertz CT molecular complexity index is 3410. The molecular weight excluding hydrogens is 677 g/mol. The van der Waals surface area contributed by atoms with Gasteiger partial charge in [-0.2, -0.15) is 0 Å². The molecule has 4 heteroatoms. The van der Waals surface area contributed by atoms with E-state index in [1.54, 1.807) is 6.92 Å². The van der Waals surface area contributed by atoms with Crippen molar-refractivity contribution in [3.05, 3.63) is 151 Å².